The van der Waals surface area contributed by atoms with E-state index in [1.165, 1.54) is 0 Å². The fourth-order valence-corrected chi connectivity index (χ4v) is 2.52. The Morgan fingerprint density at radius 3 is 2.08 bits per heavy atom. The maximum Gasteiger partial charge on any atom is 0.312 e. The highest BCUT2D eigenvalue weighted by Gasteiger charge is 2.28. The van der Waals surface area contributed by atoms with Crippen LogP contribution in [-0.4, -0.2) is 5.97 Å². The predicted octanol–water partition coefficient (Wildman–Crippen LogP) is 5.63. The van der Waals surface area contributed by atoms with Gasteiger partial charge < -0.3 is 9.15 Å². The molecule has 0 aliphatic heterocycles. The zero-order valence-electron chi connectivity index (χ0n) is 14.7. The molecular formula is C22H22O3. The summed E-state index contributed by atoms with van der Waals surface area (Å²) in [5, 5.41) is 0. The minimum atomic E-state index is -0.552. The monoisotopic (exact) mass is 334 g/mol. The highest BCUT2D eigenvalue weighted by Crippen LogP contribution is 2.31. The van der Waals surface area contributed by atoms with E-state index >= 15 is 0 Å². The first kappa shape index (κ1) is 17.0. The van der Waals surface area contributed by atoms with Gasteiger partial charge in [-0.15, -0.1) is 0 Å². The Labute approximate surface area is 148 Å². The lowest BCUT2D eigenvalue weighted by atomic mass is 9.95. The van der Waals surface area contributed by atoms with Crippen molar-refractivity contribution in [2.45, 2.75) is 26.9 Å². The molecule has 0 spiro atoms. The minimum absolute atomic E-state index is 0.222. The lowest BCUT2D eigenvalue weighted by Crippen LogP contribution is -2.25. The molecule has 25 heavy (non-hydrogen) atoms. The van der Waals surface area contributed by atoms with Gasteiger partial charge in [0.25, 0.3) is 0 Å². The highest BCUT2D eigenvalue weighted by atomic mass is 16.5. The number of hydrogen-bond donors (Lipinski definition) is 0. The van der Waals surface area contributed by atoms with E-state index in [0.717, 1.165) is 22.3 Å². The summed E-state index contributed by atoms with van der Waals surface area (Å²) in [6, 6.07) is 19.8. The normalized spacial score (nSPS) is 12.6. The molecule has 0 fully saturated rings. The molecule has 0 N–H and O–H groups in total. The Balaban J connectivity index is 1.93. The fourth-order valence-electron chi connectivity index (χ4n) is 2.52. The van der Waals surface area contributed by atoms with E-state index in [1.807, 2.05) is 81.4 Å². The summed E-state index contributed by atoms with van der Waals surface area (Å²) in [5.74, 6) is -0.222. The summed E-state index contributed by atoms with van der Waals surface area (Å²) in [7, 11) is 0. The topological polar surface area (TPSA) is 39.4 Å². The summed E-state index contributed by atoms with van der Waals surface area (Å²) in [6.45, 7) is 5.58. The van der Waals surface area contributed by atoms with Crippen molar-refractivity contribution >= 4 is 5.97 Å². The van der Waals surface area contributed by atoms with E-state index in [9.17, 15) is 4.79 Å². The van der Waals surface area contributed by atoms with Gasteiger partial charge in [-0.25, -0.2) is 0 Å². The van der Waals surface area contributed by atoms with E-state index in [1.54, 1.807) is 12.5 Å². The van der Waals surface area contributed by atoms with Crippen LogP contribution in [0.2, 0.25) is 0 Å². The Hall–Kier alpha value is -2.81. The number of esters is 1. The summed E-state index contributed by atoms with van der Waals surface area (Å²) in [4.78, 5) is 12.4. The molecule has 0 aliphatic rings. The van der Waals surface area contributed by atoms with Crippen LogP contribution >= 0.6 is 0 Å². The second kappa shape index (κ2) is 6.98. The smallest absolute Gasteiger partial charge is 0.312 e. The van der Waals surface area contributed by atoms with Crippen molar-refractivity contribution in [1.29, 1.82) is 0 Å². The number of furan rings is 1. The van der Waals surface area contributed by atoms with Crippen molar-refractivity contribution in [3.05, 3.63) is 84.3 Å². The third-order valence-corrected chi connectivity index (χ3v) is 4.01. The molecule has 1 heterocycles. The first-order chi connectivity index (χ1) is 11.9. The molecule has 128 valence electrons. The van der Waals surface area contributed by atoms with Gasteiger partial charge in [0, 0.05) is 5.56 Å². The maximum atomic E-state index is 12.4. The van der Waals surface area contributed by atoms with Gasteiger partial charge in [0.05, 0.1) is 17.9 Å². The number of carbonyl (C=O) groups excluding carboxylic acids is 1. The van der Waals surface area contributed by atoms with Crippen LogP contribution in [0.4, 0.5) is 0 Å². The molecular weight excluding hydrogens is 312 g/mol. The molecule has 0 saturated carbocycles. The molecule has 0 radical (unpaired) electrons. The lowest BCUT2D eigenvalue weighted by Gasteiger charge is -2.24. The molecule has 0 bridgehead atoms. The second-order valence-electron chi connectivity index (χ2n) is 7.08. The SMILES string of the molecule is CC(C)(C)C(=O)O[C@@H](c1ccccc1)c1ccc(-c2ccoc2)cc1. The van der Waals surface area contributed by atoms with Gasteiger partial charge in [0.1, 0.15) is 0 Å². The second-order valence-corrected chi connectivity index (χ2v) is 7.08. The molecule has 3 nitrogen and oxygen atoms in total. The summed E-state index contributed by atoms with van der Waals surface area (Å²) >= 11 is 0. The van der Waals surface area contributed by atoms with Crippen molar-refractivity contribution in [2.24, 2.45) is 5.41 Å². The Morgan fingerprint density at radius 1 is 0.880 bits per heavy atom. The van der Waals surface area contributed by atoms with E-state index < -0.39 is 11.5 Å². The van der Waals surface area contributed by atoms with E-state index in [2.05, 4.69) is 0 Å². The molecule has 3 rings (SSSR count). The predicted molar refractivity (Wildman–Crippen MR) is 98.0 cm³/mol. The molecule has 0 unspecified atom stereocenters. The Morgan fingerprint density at radius 2 is 1.52 bits per heavy atom. The molecule has 0 saturated heterocycles. The van der Waals surface area contributed by atoms with Crippen LogP contribution < -0.4 is 0 Å². The minimum Gasteiger partial charge on any atom is -0.472 e. The van der Waals surface area contributed by atoms with E-state index in [-0.39, 0.29) is 5.97 Å². The van der Waals surface area contributed by atoms with Crippen molar-refractivity contribution in [1.82, 2.24) is 0 Å². The number of ether oxygens (including phenoxy) is 1. The van der Waals surface area contributed by atoms with Crippen molar-refractivity contribution < 1.29 is 13.9 Å². The number of rotatable bonds is 4. The summed E-state index contributed by atoms with van der Waals surface area (Å²) < 4.78 is 11.0. The molecule has 0 aliphatic carbocycles. The van der Waals surface area contributed by atoms with Crippen molar-refractivity contribution in [3.63, 3.8) is 0 Å². The van der Waals surface area contributed by atoms with Crippen LogP contribution in [0.1, 0.15) is 38.0 Å². The average Bonchev–Trinajstić information content (AvgIpc) is 3.14. The molecule has 3 aromatic rings. The van der Waals surface area contributed by atoms with Crippen LogP contribution in [0.25, 0.3) is 11.1 Å². The summed E-state index contributed by atoms with van der Waals surface area (Å²) in [5.41, 5.74) is 3.43. The van der Waals surface area contributed by atoms with Gasteiger partial charge in [0.2, 0.25) is 0 Å². The molecule has 3 heteroatoms. The maximum absolute atomic E-state index is 12.4. The fraction of sp³-hybridized carbons (Fsp3) is 0.227. The Kier molecular flexibility index (Phi) is 4.75. The third kappa shape index (κ3) is 4.00. The van der Waals surface area contributed by atoms with Gasteiger partial charge in [-0.1, -0.05) is 54.6 Å². The van der Waals surface area contributed by atoms with Crippen LogP contribution in [0.5, 0.6) is 0 Å². The van der Waals surface area contributed by atoms with Crippen LogP contribution in [0, 0.1) is 5.41 Å². The largest absolute Gasteiger partial charge is 0.472 e. The van der Waals surface area contributed by atoms with E-state index in [0.29, 0.717) is 0 Å². The van der Waals surface area contributed by atoms with Gasteiger partial charge >= 0.3 is 5.97 Å². The first-order valence-electron chi connectivity index (χ1n) is 8.34. The van der Waals surface area contributed by atoms with Crippen LogP contribution in [0.3, 0.4) is 0 Å². The quantitative estimate of drug-likeness (QED) is 0.581. The van der Waals surface area contributed by atoms with Crippen molar-refractivity contribution in [2.75, 3.05) is 0 Å². The number of benzene rings is 2. The average molecular weight is 334 g/mol. The Bertz CT molecular complexity index is 810. The van der Waals surface area contributed by atoms with Gasteiger partial charge in [-0.05, 0) is 43.5 Å². The van der Waals surface area contributed by atoms with Crippen molar-refractivity contribution in [3.8, 4) is 11.1 Å². The zero-order chi connectivity index (χ0) is 17.9. The van der Waals surface area contributed by atoms with E-state index in [4.69, 9.17) is 9.15 Å². The van der Waals surface area contributed by atoms with Crippen LogP contribution in [0.15, 0.2) is 77.6 Å². The summed E-state index contributed by atoms with van der Waals surface area (Å²) in [6.07, 6.45) is 2.94. The van der Waals surface area contributed by atoms with Gasteiger partial charge in [-0.3, -0.25) is 4.79 Å². The molecule has 0 amide bonds. The van der Waals surface area contributed by atoms with Gasteiger partial charge in [-0.2, -0.15) is 0 Å². The third-order valence-electron chi connectivity index (χ3n) is 4.01. The zero-order valence-corrected chi connectivity index (χ0v) is 14.7. The first-order valence-corrected chi connectivity index (χ1v) is 8.34. The highest BCUT2D eigenvalue weighted by molar-refractivity contribution is 5.76. The van der Waals surface area contributed by atoms with Crippen LogP contribution in [-0.2, 0) is 9.53 Å². The standard InChI is InChI=1S/C22H22O3/c1-22(2,3)21(23)25-20(17-7-5-4-6-8-17)18-11-9-16(10-12-18)19-13-14-24-15-19/h4-15,20H,1-3H3/t20-/m0/s1. The number of hydrogen-bond acceptors (Lipinski definition) is 3. The molecule has 1 atom stereocenters. The lowest BCUT2D eigenvalue weighted by molar-refractivity contribution is -0.157. The molecule has 1 aromatic heterocycles. The molecule has 2 aromatic carbocycles. The number of carbonyl (C=O) groups is 1. The van der Waals surface area contributed by atoms with Gasteiger partial charge in [0.15, 0.2) is 6.10 Å².